The zero-order chi connectivity index (χ0) is 23.6. The summed E-state index contributed by atoms with van der Waals surface area (Å²) in [5.41, 5.74) is 0. The molecule has 0 bridgehead atoms. The molecule has 0 heterocycles. The largest absolute Gasteiger partial charge is 0.481 e. The molecule has 0 aromatic rings. The Hall–Kier alpha value is -1.06. The highest BCUT2D eigenvalue weighted by molar-refractivity contribution is 5.81. The number of carboxylic acid groups (broad SMARTS) is 1. The van der Waals surface area contributed by atoms with Gasteiger partial charge in [0.1, 0.15) is 6.10 Å². The molecule has 188 valence electrons. The summed E-state index contributed by atoms with van der Waals surface area (Å²) in [5, 5.41) is 9.52. The lowest BCUT2D eigenvalue weighted by molar-refractivity contribution is -0.164. The van der Waals surface area contributed by atoms with Crippen molar-refractivity contribution in [2.24, 2.45) is 17.8 Å². The van der Waals surface area contributed by atoms with Gasteiger partial charge in [0.2, 0.25) is 0 Å². The van der Waals surface area contributed by atoms with E-state index in [0.717, 1.165) is 44.4 Å². The molecule has 1 rings (SSSR count). The van der Waals surface area contributed by atoms with Gasteiger partial charge in [-0.1, -0.05) is 104 Å². The molecule has 3 atom stereocenters. The molecule has 4 nitrogen and oxygen atoms in total. The number of rotatable bonds is 19. The predicted molar refractivity (Wildman–Crippen MR) is 133 cm³/mol. The highest BCUT2D eigenvalue weighted by Gasteiger charge is 2.37. The lowest BCUT2D eigenvalue weighted by Crippen LogP contribution is -2.35. The molecule has 1 aliphatic rings. The van der Waals surface area contributed by atoms with Crippen molar-refractivity contribution >= 4 is 11.9 Å². The summed E-state index contributed by atoms with van der Waals surface area (Å²) >= 11 is 0. The monoisotopic (exact) mass is 452 g/mol. The second-order valence-corrected chi connectivity index (χ2v) is 10.5. The second-order valence-electron chi connectivity index (χ2n) is 10.5. The summed E-state index contributed by atoms with van der Waals surface area (Å²) in [6.45, 7) is 6.80. The number of aliphatic carboxylic acids is 1. The molecule has 1 saturated carbocycles. The van der Waals surface area contributed by atoms with Gasteiger partial charge in [-0.15, -0.1) is 0 Å². The van der Waals surface area contributed by atoms with Crippen molar-refractivity contribution in [1.29, 1.82) is 0 Å². The van der Waals surface area contributed by atoms with Gasteiger partial charge >= 0.3 is 11.9 Å². The van der Waals surface area contributed by atoms with Crippen LogP contribution in [0.3, 0.4) is 0 Å². The van der Waals surface area contributed by atoms with Crippen LogP contribution in [-0.4, -0.2) is 23.1 Å². The number of carbonyl (C=O) groups is 2. The SMILES string of the molecule is CCCCCCCCCC(CCCCCCCC(C)C)OC(=O)C1CCCCC1C(=O)O. The first-order valence-corrected chi connectivity index (χ1v) is 13.9. The average molecular weight is 453 g/mol. The molecule has 32 heavy (non-hydrogen) atoms. The van der Waals surface area contributed by atoms with Crippen LogP contribution < -0.4 is 0 Å². The van der Waals surface area contributed by atoms with Crippen molar-refractivity contribution in [2.75, 3.05) is 0 Å². The number of hydrogen-bond acceptors (Lipinski definition) is 3. The highest BCUT2D eigenvalue weighted by Crippen LogP contribution is 2.32. The van der Waals surface area contributed by atoms with Crippen LogP contribution in [0.2, 0.25) is 0 Å². The molecular weight excluding hydrogens is 400 g/mol. The van der Waals surface area contributed by atoms with Crippen LogP contribution in [-0.2, 0) is 14.3 Å². The first kappa shape index (κ1) is 29.0. The summed E-state index contributed by atoms with van der Waals surface area (Å²) in [4.78, 5) is 24.5. The smallest absolute Gasteiger partial charge is 0.310 e. The average Bonchev–Trinajstić information content (AvgIpc) is 2.77. The number of ether oxygens (including phenoxy) is 1. The Balaban J connectivity index is 2.43. The van der Waals surface area contributed by atoms with E-state index in [2.05, 4.69) is 20.8 Å². The molecule has 1 N–H and O–H groups in total. The Morgan fingerprint density at radius 1 is 0.750 bits per heavy atom. The number of carboxylic acids is 1. The first-order chi connectivity index (χ1) is 15.5. The molecule has 3 unspecified atom stereocenters. The highest BCUT2D eigenvalue weighted by atomic mass is 16.5. The zero-order valence-corrected chi connectivity index (χ0v) is 21.4. The second kappa shape index (κ2) is 18.4. The number of hydrogen-bond donors (Lipinski definition) is 1. The van der Waals surface area contributed by atoms with Gasteiger partial charge in [0, 0.05) is 0 Å². The van der Waals surface area contributed by atoms with Crippen LogP contribution in [0.4, 0.5) is 0 Å². The minimum absolute atomic E-state index is 0.0369. The van der Waals surface area contributed by atoms with Crippen LogP contribution >= 0.6 is 0 Å². The molecule has 4 heteroatoms. The lowest BCUT2D eigenvalue weighted by Gasteiger charge is -2.29. The maximum absolute atomic E-state index is 12.9. The quantitative estimate of drug-likeness (QED) is 0.158. The van der Waals surface area contributed by atoms with Gasteiger partial charge < -0.3 is 9.84 Å². The fourth-order valence-corrected chi connectivity index (χ4v) is 5.01. The predicted octanol–water partition coefficient (Wildman–Crippen LogP) is 8.32. The van der Waals surface area contributed by atoms with Crippen LogP contribution in [0.15, 0.2) is 0 Å². The van der Waals surface area contributed by atoms with Gasteiger partial charge in [-0.3, -0.25) is 9.59 Å². The van der Waals surface area contributed by atoms with E-state index in [1.54, 1.807) is 0 Å². The van der Waals surface area contributed by atoms with Crippen molar-refractivity contribution in [3.8, 4) is 0 Å². The number of esters is 1. The molecule has 0 amide bonds. The molecule has 1 aliphatic carbocycles. The summed E-state index contributed by atoms with van der Waals surface area (Å²) in [6.07, 6.45) is 21.2. The molecule has 0 aromatic heterocycles. The minimum atomic E-state index is -0.836. The Bertz CT molecular complexity index is 488. The normalized spacial score (nSPS) is 19.8. The van der Waals surface area contributed by atoms with Crippen LogP contribution in [0.25, 0.3) is 0 Å². The zero-order valence-electron chi connectivity index (χ0n) is 21.4. The van der Waals surface area contributed by atoms with Crippen LogP contribution in [0.1, 0.15) is 143 Å². The third kappa shape index (κ3) is 13.5. The summed E-state index contributed by atoms with van der Waals surface area (Å²) in [7, 11) is 0. The van der Waals surface area contributed by atoms with E-state index >= 15 is 0 Å². The molecule has 0 spiro atoms. The van der Waals surface area contributed by atoms with E-state index in [0.29, 0.717) is 12.8 Å². The van der Waals surface area contributed by atoms with Gasteiger partial charge in [0.25, 0.3) is 0 Å². The Morgan fingerprint density at radius 2 is 1.22 bits per heavy atom. The molecule has 0 saturated heterocycles. The van der Waals surface area contributed by atoms with Gasteiger partial charge in [-0.05, 0) is 44.4 Å². The molecular formula is C28H52O4. The number of carbonyl (C=O) groups excluding carboxylic acids is 1. The summed E-state index contributed by atoms with van der Waals surface area (Å²) in [5.74, 6) is -1.31. The van der Waals surface area contributed by atoms with Gasteiger partial charge in [0.05, 0.1) is 11.8 Å². The van der Waals surface area contributed by atoms with E-state index in [4.69, 9.17) is 4.74 Å². The molecule has 1 fully saturated rings. The van der Waals surface area contributed by atoms with Crippen molar-refractivity contribution in [3.63, 3.8) is 0 Å². The third-order valence-corrected chi connectivity index (χ3v) is 7.11. The maximum atomic E-state index is 12.9. The van der Waals surface area contributed by atoms with Gasteiger partial charge in [0.15, 0.2) is 0 Å². The van der Waals surface area contributed by atoms with Crippen LogP contribution in [0, 0.1) is 17.8 Å². The fraction of sp³-hybridized carbons (Fsp3) is 0.929. The fourth-order valence-electron chi connectivity index (χ4n) is 5.01. The Labute approximate surface area is 198 Å². The standard InChI is InChI=1S/C28H52O4/c1-4-5-6-7-8-11-14-19-24(20-15-12-9-10-13-18-23(2)3)32-28(31)26-22-17-16-21-25(26)27(29)30/h23-26H,4-22H2,1-3H3,(H,29,30). The maximum Gasteiger partial charge on any atom is 0.310 e. The lowest BCUT2D eigenvalue weighted by atomic mass is 9.79. The minimum Gasteiger partial charge on any atom is -0.481 e. The summed E-state index contributed by atoms with van der Waals surface area (Å²) in [6, 6.07) is 0. The Morgan fingerprint density at radius 3 is 1.72 bits per heavy atom. The van der Waals surface area contributed by atoms with E-state index in [-0.39, 0.29) is 12.1 Å². The molecule has 0 aliphatic heterocycles. The van der Waals surface area contributed by atoms with Crippen molar-refractivity contribution in [1.82, 2.24) is 0 Å². The van der Waals surface area contributed by atoms with E-state index in [1.165, 1.54) is 70.6 Å². The van der Waals surface area contributed by atoms with E-state index in [1.807, 2.05) is 0 Å². The number of unbranched alkanes of at least 4 members (excludes halogenated alkanes) is 10. The van der Waals surface area contributed by atoms with Crippen molar-refractivity contribution in [3.05, 3.63) is 0 Å². The molecule has 0 aromatic carbocycles. The van der Waals surface area contributed by atoms with Crippen molar-refractivity contribution < 1.29 is 19.4 Å². The van der Waals surface area contributed by atoms with Gasteiger partial charge in [-0.25, -0.2) is 0 Å². The van der Waals surface area contributed by atoms with E-state index < -0.39 is 17.8 Å². The van der Waals surface area contributed by atoms with Crippen LogP contribution in [0.5, 0.6) is 0 Å². The first-order valence-electron chi connectivity index (χ1n) is 13.9. The third-order valence-electron chi connectivity index (χ3n) is 7.11. The summed E-state index contributed by atoms with van der Waals surface area (Å²) < 4.78 is 5.97. The molecule has 0 radical (unpaired) electrons. The van der Waals surface area contributed by atoms with Crippen molar-refractivity contribution in [2.45, 2.75) is 149 Å². The topological polar surface area (TPSA) is 63.6 Å². The van der Waals surface area contributed by atoms with E-state index in [9.17, 15) is 14.7 Å². The Kier molecular flexibility index (Phi) is 16.6. The van der Waals surface area contributed by atoms with Gasteiger partial charge in [-0.2, -0.15) is 0 Å².